The van der Waals surface area contributed by atoms with Gasteiger partial charge in [0, 0.05) is 6.42 Å². The second-order valence-electron chi connectivity index (χ2n) is 7.43. The van der Waals surface area contributed by atoms with E-state index in [1.165, 1.54) is 55.7 Å². The van der Waals surface area contributed by atoms with E-state index in [-0.39, 0.29) is 6.42 Å². The molecule has 1 aliphatic carbocycles. The zero-order chi connectivity index (χ0) is 20.1. The molecule has 0 heterocycles. The second kappa shape index (κ2) is 12.7. The summed E-state index contributed by atoms with van der Waals surface area (Å²) in [5, 5.41) is 27.2. The predicted octanol–water partition coefficient (Wildman–Crippen LogP) is 5.28. The first-order valence-electron chi connectivity index (χ1n) is 10.4. The molecule has 0 aromatic heterocycles. The summed E-state index contributed by atoms with van der Waals surface area (Å²) in [5.41, 5.74) is 5.80. The molecule has 1 atom stereocenters. The van der Waals surface area contributed by atoms with Gasteiger partial charge in [-0.15, -0.1) is 5.73 Å². The molecular weight excluding hydrogens is 340 g/mol. The summed E-state index contributed by atoms with van der Waals surface area (Å²) in [7, 11) is 0. The van der Waals surface area contributed by atoms with Gasteiger partial charge in [0.05, 0.1) is 0 Å². The van der Waals surface area contributed by atoms with Gasteiger partial charge in [-0.2, -0.15) is 0 Å². The topological polar surface area (TPSA) is 77.8 Å². The van der Waals surface area contributed by atoms with Crippen LogP contribution in [-0.2, 0) is 4.79 Å². The summed E-state index contributed by atoms with van der Waals surface area (Å²) >= 11 is 0. The van der Waals surface area contributed by atoms with Crippen molar-refractivity contribution in [2.24, 2.45) is 5.92 Å². The Labute approximate surface area is 164 Å². The third kappa shape index (κ3) is 8.75. The van der Waals surface area contributed by atoms with Gasteiger partial charge in [0.25, 0.3) is 5.79 Å². The van der Waals surface area contributed by atoms with Crippen LogP contribution in [0.3, 0.4) is 0 Å². The van der Waals surface area contributed by atoms with Crippen molar-refractivity contribution in [2.75, 3.05) is 0 Å². The number of carboxylic acids is 1. The smallest absolute Gasteiger partial charge is 0.364 e. The van der Waals surface area contributed by atoms with Crippen LogP contribution in [0.5, 0.6) is 0 Å². The molecule has 1 aliphatic rings. The van der Waals surface area contributed by atoms with E-state index in [2.05, 4.69) is 31.7 Å². The highest BCUT2D eigenvalue weighted by atomic mass is 16.5. The number of carbonyl (C=O) groups is 1. The molecule has 0 unspecified atom stereocenters. The Morgan fingerprint density at radius 1 is 1.19 bits per heavy atom. The van der Waals surface area contributed by atoms with Crippen LogP contribution < -0.4 is 0 Å². The van der Waals surface area contributed by atoms with Gasteiger partial charge in [0.2, 0.25) is 0 Å². The molecule has 0 spiro atoms. The Kier molecular flexibility index (Phi) is 11.0. The van der Waals surface area contributed by atoms with Crippen LogP contribution in [0.4, 0.5) is 0 Å². The van der Waals surface area contributed by atoms with Gasteiger partial charge in [-0.3, -0.25) is 0 Å². The van der Waals surface area contributed by atoms with E-state index < -0.39 is 11.8 Å². The molecule has 0 fully saturated rings. The minimum absolute atomic E-state index is 0.374. The van der Waals surface area contributed by atoms with E-state index in [0.717, 1.165) is 25.7 Å². The van der Waals surface area contributed by atoms with Crippen molar-refractivity contribution in [3.8, 4) is 0 Å². The Bertz CT molecular complexity index is 577. The summed E-state index contributed by atoms with van der Waals surface area (Å²) in [6.07, 6.45) is 19.2. The Morgan fingerprint density at radius 2 is 1.96 bits per heavy atom. The van der Waals surface area contributed by atoms with Crippen LogP contribution >= 0.6 is 0 Å². The predicted molar refractivity (Wildman–Crippen MR) is 109 cm³/mol. The second-order valence-corrected chi connectivity index (χ2v) is 7.43. The summed E-state index contributed by atoms with van der Waals surface area (Å²) in [5.74, 6) is -3.75. The highest BCUT2D eigenvalue weighted by Gasteiger charge is 2.31. The fourth-order valence-corrected chi connectivity index (χ4v) is 3.54. The molecule has 0 amide bonds. The molecule has 4 heteroatoms. The zero-order valence-electron chi connectivity index (χ0n) is 16.9. The first-order valence-corrected chi connectivity index (χ1v) is 10.4. The van der Waals surface area contributed by atoms with Crippen LogP contribution in [0.15, 0.2) is 41.2 Å². The highest BCUT2D eigenvalue weighted by Crippen LogP contribution is 2.37. The minimum atomic E-state index is -2.72. The summed E-state index contributed by atoms with van der Waals surface area (Å²) < 4.78 is 0. The number of carboxylic acid groups (broad SMARTS) is 1. The van der Waals surface area contributed by atoms with Gasteiger partial charge in [0.15, 0.2) is 0 Å². The zero-order valence-corrected chi connectivity index (χ0v) is 16.9. The lowest BCUT2D eigenvalue weighted by Crippen LogP contribution is -2.37. The maximum Gasteiger partial charge on any atom is 0.364 e. The Morgan fingerprint density at radius 3 is 2.63 bits per heavy atom. The van der Waals surface area contributed by atoms with Crippen LogP contribution in [0.1, 0.15) is 84.5 Å². The van der Waals surface area contributed by atoms with Crippen molar-refractivity contribution < 1.29 is 20.1 Å². The average molecular weight is 377 g/mol. The molecule has 0 aliphatic heterocycles. The van der Waals surface area contributed by atoms with Crippen molar-refractivity contribution in [2.45, 2.75) is 90.3 Å². The number of unbranched alkanes of at least 4 members (excludes halogenated alkanes) is 4. The Hall–Kier alpha value is -1.61. The molecule has 0 radical (unpaired) electrons. The average Bonchev–Trinajstić information content (AvgIpc) is 2.99. The monoisotopic (exact) mass is 376 g/mol. The van der Waals surface area contributed by atoms with Gasteiger partial charge in [-0.1, -0.05) is 57.3 Å². The van der Waals surface area contributed by atoms with Gasteiger partial charge < -0.3 is 15.3 Å². The van der Waals surface area contributed by atoms with Crippen molar-refractivity contribution in [1.29, 1.82) is 0 Å². The Balaban J connectivity index is 2.69. The molecular formula is C23H36O4. The first kappa shape index (κ1) is 23.4. The van der Waals surface area contributed by atoms with Gasteiger partial charge in [0.1, 0.15) is 0 Å². The largest absolute Gasteiger partial charge is 0.477 e. The lowest BCUT2D eigenvalue weighted by molar-refractivity contribution is -0.201. The van der Waals surface area contributed by atoms with E-state index in [0.29, 0.717) is 5.92 Å². The van der Waals surface area contributed by atoms with E-state index in [9.17, 15) is 15.0 Å². The van der Waals surface area contributed by atoms with Gasteiger partial charge in [-0.25, -0.2) is 4.79 Å². The molecule has 0 aromatic rings. The highest BCUT2D eigenvalue weighted by molar-refractivity contribution is 5.75. The van der Waals surface area contributed by atoms with Crippen molar-refractivity contribution in [1.82, 2.24) is 0 Å². The van der Waals surface area contributed by atoms with Gasteiger partial charge in [-0.05, 0) is 62.2 Å². The third-order valence-electron chi connectivity index (χ3n) is 5.13. The summed E-state index contributed by atoms with van der Waals surface area (Å²) in [6.45, 7) is 4.44. The number of hydrogen-bond acceptors (Lipinski definition) is 3. The van der Waals surface area contributed by atoms with E-state index >= 15 is 0 Å². The molecule has 1 rings (SSSR count). The lowest BCUT2D eigenvalue weighted by atomic mass is 9.93. The SMILES string of the molecule is CCCCCC/C=C/C1=C(CC=C=CCC(O)(O)C(=O)O)[C@@H](CCC)CC1. The normalized spacial score (nSPS) is 17.4. The molecule has 4 nitrogen and oxygen atoms in total. The minimum Gasteiger partial charge on any atom is -0.477 e. The van der Waals surface area contributed by atoms with Gasteiger partial charge >= 0.3 is 5.97 Å². The third-order valence-corrected chi connectivity index (χ3v) is 5.13. The maximum absolute atomic E-state index is 10.7. The van der Waals surface area contributed by atoms with E-state index in [4.69, 9.17) is 5.11 Å². The molecule has 0 aromatic carbocycles. The number of allylic oxidation sites excluding steroid dienone is 4. The summed E-state index contributed by atoms with van der Waals surface area (Å²) in [4.78, 5) is 10.7. The molecule has 0 saturated carbocycles. The maximum atomic E-state index is 10.7. The van der Waals surface area contributed by atoms with Crippen LogP contribution in [-0.4, -0.2) is 27.1 Å². The lowest BCUT2D eigenvalue weighted by Gasteiger charge is -2.13. The number of aliphatic hydroxyl groups is 2. The van der Waals surface area contributed by atoms with Crippen molar-refractivity contribution >= 4 is 5.97 Å². The molecule has 27 heavy (non-hydrogen) atoms. The van der Waals surface area contributed by atoms with Crippen LogP contribution in [0, 0.1) is 5.92 Å². The quantitative estimate of drug-likeness (QED) is 0.232. The first-order chi connectivity index (χ1) is 12.9. The summed E-state index contributed by atoms with van der Waals surface area (Å²) in [6, 6.07) is 0. The molecule has 0 bridgehead atoms. The van der Waals surface area contributed by atoms with E-state index in [1.807, 2.05) is 6.08 Å². The fourth-order valence-electron chi connectivity index (χ4n) is 3.54. The number of rotatable bonds is 13. The molecule has 0 saturated heterocycles. The number of aliphatic carboxylic acids is 1. The van der Waals surface area contributed by atoms with E-state index in [1.54, 1.807) is 0 Å². The molecule has 3 N–H and O–H groups in total. The van der Waals surface area contributed by atoms with Crippen LogP contribution in [0.25, 0.3) is 0 Å². The number of hydrogen-bond donors (Lipinski definition) is 3. The fraction of sp³-hybridized carbons (Fsp3) is 0.652. The van der Waals surface area contributed by atoms with Crippen molar-refractivity contribution in [3.05, 3.63) is 41.2 Å². The van der Waals surface area contributed by atoms with Crippen LogP contribution in [0.2, 0.25) is 0 Å². The van der Waals surface area contributed by atoms with Crippen molar-refractivity contribution in [3.63, 3.8) is 0 Å². The molecule has 152 valence electrons. The standard InChI is InChI=1S/C23H36O4/c1-3-5-6-7-8-10-14-20-17-16-19(13-4-2)21(20)15-11-9-12-18-23(26,27)22(24)25/h10-12,14,19,26-27H,3-8,13,15-18H2,1-2H3,(H,24,25)/b14-10+/t9?,19-/m0/s1.